The lowest BCUT2D eigenvalue weighted by atomic mass is 10.2. The minimum absolute atomic E-state index is 1.11. The summed E-state index contributed by atoms with van der Waals surface area (Å²) in [6.45, 7) is 5.72. The molecule has 1 aromatic carbocycles. The Bertz CT molecular complexity index is 498. The molecule has 0 radical (unpaired) electrons. The predicted octanol–water partition coefficient (Wildman–Crippen LogP) is 3.26. The Morgan fingerprint density at radius 3 is 2.81 bits per heavy atom. The lowest BCUT2D eigenvalue weighted by Crippen LogP contribution is -2.24. The van der Waals surface area contributed by atoms with Crippen LogP contribution < -0.4 is 4.90 Å². The van der Waals surface area contributed by atoms with Crippen LogP contribution in [0.25, 0.3) is 10.9 Å². The Morgan fingerprint density at radius 2 is 1.94 bits per heavy atom. The highest BCUT2D eigenvalue weighted by Gasteiger charge is 2.16. The maximum atomic E-state index is 2.49. The average molecular weight is 214 g/mol. The largest absolute Gasteiger partial charge is 0.358 e. The number of benzene rings is 1. The highest BCUT2D eigenvalue weighted by molar-refractivity contribution is 5.85. The van der Waals surface area contributed by atoms with E-state index in [-0.39, 0.29) is 0 Å². The third-order valence-corrected chi connectivity index (χ3v) is 3.55. The van der Waals surface area contributed by atoms with Gasteiger partial charge < -0.3 is 9.47 Å². The summed E-state index contributed by atoms with van der Waals surface area (Å²) in [7, 11) is 0. The number of para-hydroxylation sites is 1. The standard InChI is InChI=1S/C14H18N2/c1-2-15-9-5-6-10-16-13-8-4-3-7-12(13)11-14(15)16/h3-4,7-8,11H,2,5-6,9-10H2,1H3. The Balaban J connectivity index is 2.21. The smallest absolute Gasteiger partial charge is 0.109 e. The number of aryl methyl sites for hydroxylation is 1. The number of fused-ring (bicyclic) bond motifs is 3. The molecule has 1 aliphatic heterocycles. The zero-order valence-electron chi connectivity index (χ0n) is 9.82. The molecule has 2 heterocycles. The Morgan fingerprint density at radius 1 is 1.12 bits per heavy atom. The predicted molar refractivity (Wildman–Crippen MR) is 69.1 cm³/mol. The molecule has 0 saturated carbocycles. The van der Waals surface area contributed by atoms with Crippen molar-refractivity contribution in [2.24, 2.45) is 0 Å². The monoisotopic (exact) mass is 214 g/mol. The van der Waals surface area contributed by atoms with E-state index in [2.05, 4.69) is 46.7 Å². The molecule has 0 aliphatic carbocycles. The van der Waals surface area contributed by atoms with Gasteiger partial charge in [-0.3, -0.25) is 0 Å². The van der Waals surface area contributed by atoms with Crippen LogP contribution in [0.15, 0.2) is 30.3 Å². The first kappa shape index (κ1) is 9.76. The molecule has 84 valence electrons. The summed E-state index contributed by atoms with van der Waals surface area (Å²) < 4.78 is 2.48. The van der Waals surface area contributed by atoms with Gasteiger partial charge >= 0.3 is 0 Å². The molecule has 0 saturated heterocycles. The molecule has 16 heavy (non-hydrogen) atoms. The highest BCUT2D eigenvalue weighted by Crippen LogP contribution is 2.29. The van der Waals surface area contributed by atoms with Gasteiger partial charge in [-0.05, 0) is 31.9 Å². The highest BCUT2D eigenvalue weighted by atomic mass is 15.2. The zero-order chi connectivity index (χ0) is 11.0. The number of anilines is 1. The molecule has 0 atom stereocenters. The van der Waals surface area contributed by atoms with Crippen LogP contribution >= 0.6 is 0 Å². The Hall–Kier alpha value is -1.44. The van der Waals surface area contributed by atoms with Crippen LogP contribution in [0, 0.1) is 0 Å². The van der Waals surface area contributed by atoms with Crippen LogP contribution in [0.3, 0.4) is 0 Å². The summed E-state index contributed by atoms with van der Waals surface area (Å²) in [6.07, 6.45) is 2.60. The van der Waals surface area contributed by atoms with Crippen molar-refractivity contribution < 1.29 is 0 Å². The van der Waals surface area contributed by atoms with Crippen molar-refractivity contribution >= 4 is 16.7 Å². The second kappa shape index (κ2) is 3.85. The minimum Gasteiger partial charge on any atom is -0.358 e. The van der Waals surface area contributed by atoms with Gasteiger partial charge in [0.25, 0.3) is 0 Å². The van der Waals surface area contributed by atoms with Crippen molar-refractivity contribution in [1.82, 2.24) is 4.57 Å². The summed E-state index contributed by atoms with van der Waals surface area (Å²) in [6, 6.07) is 11.0. The zero-order valence-corrected chi connectivity index (χ0v) is 9.82. The van der Waals surface area contributed by atoms with Gasteiger partial charge in [0.1, 0.15) is 5.82 Å². The van der Waals surface area contributed by atoms with Crippen molar-refractivity contribution in [2.45, 2.75) is 26.3 Å². The Labute approximate surface area is 96.5 Å². The number of hydrogen-bond acceptors (Lipinski definition) is 1. The van der Waals surface area contributed by atoms with Gasteiger partial charge in [0.2, 0.25) is 0 Å². The molecule has 0 amide bonds. The molecule has 3 rings (SSSR count). The van der Waals surface area contributed by atoms with Crippen molar-refractivity contribution in [3.8, 4) is 0 Å². The second-order valence-electron chi connectivity index (χ2n) is 4.50. The van der Waals surface area contributed by atoms with Crippen LogP contribution in [0.4, 0.5) is 5.82 Å². The van der Waals surface area contributed by atoms with E-state index in [4.69, 9.17) is 0 Å². The molecule has 0 N–H and O–H groups in total. The van der Waals surface area contributed by atoms with E-state index < -0.39 is 0 Å². The van der Waals surface area contributed by atoms with E-state index in [0.717, 1.165) is 6.54 Å². The summed E-state index contributed by atoms with van der Waals surface area (Å²) in [5, 5.41) is 1.37. The van der Waals surface area contributed by atoms with Gasteiger partial charge in [-0.25, -0.2) is 0 Å². The summed E-state index contributed by atoms with van der Waals surface area (Å²) >= 11 is 0. The fourth-order valence-corrected chi connectivity index (χ4v) is 2.70. The summed E-state index contributed by atoms with van der Waals surface area (Å²) in [5.41, 5.74) is 1.39. The maximum absolute atomic E-state index is 2.49. The SMILES string of the molecule is CCN1CCCCn2c1cc1ccccc12. The fraction of sp³-hybridized carbons (Fsp3) is 0.429. The summed E-state index contributed by atoms with van der Waals surface area (Å²) in [4.78, 5) is 2.49. The molecule has 1 aliphatic rings. The Kier molecular flexibility index (Phi) is 2.35. The van der Waals surface area contributed by atoms with Gasteiger partial charge in [0.05, 0.1) is 0 Å². The first-order valence-electron chi connectivity index (χ1n) is 6.23. The van der Waals surface area contributed by atoms with Gasteiger partial charge in [0.15, 0.2) is 0 Å². The molecule has 2 heteroatoms. The molecular formula is C14H18N2. The van der Waals surface area contributed by atoms with Crippen LogP contribution in [0.1, 0.15) is 19.8 Å². The molecule has 1 aromatic heterocycles. The van der Waals surface area contributed by atoms with Crippen molar-refractivity contribution in [1.29, 1.82) is 0 Å². The topological polar surface area (TPSA) is 8.17 Å². The minimum atomic E-state index is 1.11. The van der Waals surface area contributed by atoms with E-state index in [1.807, 2.05) is 0 Å². The number of hydrogen-bond donors (Lipinski definition) is 0. The lowest BCUT2D eigenvalue weighted by Gasteiger charge is -2.21. The molecule has 0 bridgehead atoms. The van der Waals surface area contributed by atoms with Gasteiger partial charge in [-0.15, -0.1) is 0 Å². The van der Waals surface area contributed by atoms with Crippen LogP contribution in [0.2, 0.25) is 0 Å². The maximum Gasteiger partial charge on any atom is 0.109 e. The molecule has 2 nitrogen and oxygen atoms in total. The van der Waals surface area contributed by atoms with Crippen molar-refractivity contribution in [3.63, 3.8) is 0 Å². The first-order chi connectivity index (χ1) is 7.90. The van der Waals surface area contributed by atoms with Gasteiger partial charge in [-0.1, -0.05) is 18.2 Å². The number of rotatable bonds is 1. The van der Waals surface area contributed by atoms with E-state index in [1.54, 1.807) is 0 Å². The third kappa shape index (κ3) is 1.41. The number of nitrogens with zero attached hydrogens (tertiary/aromatic N) is 2. The molecule has 0 spiro atoms. The second-order valence-corrected chi connectivity index (χ2v) is 4.50. The molecular weight excluding hydrogens is 196 g/mol. The first-order valence-corrected chi connectivity index (χ1v) is 6.23. The average Bonchev–Trinajstić information content (AvgIpc) is 2.56. The van der Waals surface area contributed by atoms with Gasteiger partial charge in [0, 0.05) is 30.5 Å². The quantitative estimate of drug-likeness (QED) is 0.707. The third-order valence-electron chi connectivity index (χ3n) is 3.55. The van der Waals surface area contributed by atoms with Crippen LogP contribution in [0.5, 0.6) is 0 Å². The fourth-order valence-electron chi connectivity index (χ4n) is 2.70. The molecule has 2 aromatic rings. The summed E-state index contributed by atoms with van der Waals surface area (Å²) in [5.74, 6) is 1.40. The van der Waals surface area contributed by atoms with E-state index >= 15 is 0 Å². The van der Waals surface area contributed by atoms with E-state index in [9.17, 15) is 0 Å². The van der Waals surface area contributed by atoms with Gasteiger partial charge in [-0.2, -0.15) is 0 Å². The van der Waals surface area contributed by atoms with Crippen molar-refractivity contribution in [3.05, 3.63) is 30.3 Å². The van der Waals surface area contributed by atoms with E-state index in [0.29, 0.717) is 0 Å². The van der Waals surface area contributed by atoms with E-state index in [1.165, 1.54) is 42.7 Å². The number of aromatic nitrogens is 1. The molecule has 0 unspecified atom stereocenters. The van der Waals surface area contributed by atoms with Crippen molar-refractivity contribution in [2.75, 3.05) is 18.0 Å². The lowest BCUT2D eigenvalue weighted by molar-refractivity contribution is 0.667. The molecule has 0 fully saturated rings. The van der Waals surface area contributed by atoms with Crippen LogP contribution in [-0.4, -0.2) is 17.7 Å². The van der Waals surface area contributed by atoms with Crippen LogP contribution in [-0.2, 0) is 6.54 Å². The normalized spacial score (nSPS) is 16.2.